The van der Waals surface area contributed by atoms with E-state index in [1.807, 2.05) is 55.5 Å². The van der Waals surface area contributed by atoms with Crippen LogP contribution in [0.1, 0.15) is 29.9 Å². The Labute approximate surface area is 135 Å². The van der Waals surface area contributed by atoms with Crippen molar-refractivity contribution < 1.29 is 9.90 Å². The van der Waals surface area contributed by atoms with Crippen molar-refractivity contribution in [3.63, 3.8) is 0 Å². The highest BCUT2D eigenvalue weighted by Gasteiger charge is 2.27. The van der Waals surface area contributed by atoms with Crippen molar-refractivity contribution in [3.05, 3.63) is 68.6 Å². The average Bonchev–Trinajstić information content (AvgIpc) is 2.41. The molecule has 1 N–H and O–H groups in total. The zero-order valence-corrected chi connectivity index (χ0v) is 14.1. The molecule has 4 heteroatoms. The number of rotatable bonds is 4. The van der Waals surface area contributed by atoms with Crippen LogP contribution < -0.4 is 0 Å². The molecule has 2 unspecified atom stereocenters. The predicted octanol–water partition coefficient (Wildman–Crippen LogP) is 5.18. The Morgan fingerprint density at radius 3 is 1.70 bits per heavy atom. The molecule has 104 valence electrons. The summed E-state index contributed by atoms with van der Waals surface area (Å²) in [6.45, 7) is 1.95. The Balaban J connectivity index is 2.35. The lowest BCUT2D eigenvalue weighted by molar-refractivity contribution is -0.139. The standard InChI is InChI=1S/C16H14Br2O2/c1-10(11-2-6-13(17)7-3-11)15(16(19)20)12-4-8-14(18)9-5-12/h2-10,15H,1H3,(H,19,20). The number of carbonyl (C=O) groups is 1. The SMILES string of the molecule is CC(c1ccc(Br)cc1)C(C(=O)O)c1ccc(Br)cc1. The molecule has 2 aromatic rings. The lowest BCUT2D eigenvalue weighted by Crippen LogP contribution is -2.18. The summed E-state index contributed by atoms with van der Waals surface area (Å²) in [5.74, 6) is -1.45. The molecule has 0 spiro atoms. The van der Waals surface area contributed by atoms with Crippen LogP contribution in [0.15, 0.2) is 57.5 Å². The van der Waals surface area contributed by atoms with Crippen molar-refractivity contribution in [2.24, 2.45) is 0 Å². The van der Waals surface area contributed by atoms with Crippen LogP contribution in [0.3, 0.4) is 0 Å². The van der Waals surface area contributed by atoms with Gasteiger partial charge in [0, 0.05) is 8.95 Å². The maximum atomic E-state index is 11.6. The van der Waals surface area contributed by atoms with Crippen molar-refractivity contribution in [3.8, 4) is 0 Å². The molecule has 0 bridgehead atoms. The number of halogens is 2. The molecule has 0 amide bonds. The van der Waals surface area contributed by atoms with Crippen LogP contribution in [0.4, 0.5) is 0 Å². The second-order valence-corrected chi connectivity index (χ2v) is 6.54. The molecular weight excluding hydrogens is 384 g/mol. The van der Waals surface area contributed by atoms with E-state index in [1.165, 1.54) is 0 Å². The van der Waals surface area contributed by atoms with Gasteiger partial charge in [-0.3, -0.25) is 4.79 Å². The van der Waals surface area contributed by atoms with E-state index < -0.39 is 11.9 Å². The third-order valence-electron chi connectivity index (χ3n) is 3.39. The Morgan fingerprint density at radius 2 is 1.30 bits per heavy atom. The second kappa shape index (κ2) is 6.55. The highest BCUT2D eigenvalue weighted by molar-refractivity contribution is 9.10. The molecule has 0 aromatic heterocycles. The van der Waals surface area contributed by atoms with Crippen molar-refractivity contribution in [2.75, 3.05) is 0 Å². The summed E-state index contributed by atoms with van der Waals surface area (Å²) in [6.07, 6.45) is 0. The van der Waals surface area contributed by atoms with Gasteiger partial charge in [0.1, 0.15) is 0 Å². The molecule has 0 radical (unpaired) electrons. The molecule has 0 aliphatic rings. The minimum atomic E-state index is -0.803. The Bertz CT molecular complexity index is 591. The lowest BCUT2D eigenvalue weighted by atomic mass is 9.83. The van der Waals surface area contributed by atoms with Crippen LogP contribution in [0, 0.1) is 0 Å². The Hall–Kier alpha value is -1.13. The average molecular weight is 398 g/mol. The molecule has 20 heavy (non-hydrogen) atoms. The van der Waals surface area contributed by atoms with Gasteiger partial charge >= 0.3 is 5.97 Å². The van der Waals surface area contributed by atoms with E-state index in [0.29, 0.717) is 0 Å². The molecule has 0 saturated carbocycles. The van der Waals surface area contributed by atoms with E-state index in [9.17, 15) is 9.90 Å². The van der Waals surface area contributed by atoms with Gasteiger partial charge in [0.05, 0.1) is 5.92 Å². The summed E-state index contributed by atoms with van der Waals surface area (Å²) < 4.78 is 1.94. The third kappa shape index (κ3) is 3.49. The van der Waals surface area contributed by atoms with E-state index in [1.54, 1.807) is 0 Å². The van der Waals surface area contributed by atoms with Gasteiger partial charge in [-0.25, -0.2) is 0 Å². The Morgan fingerprint density at radius 1 is 0.900 bits per heavy atom. The molecule has 2 rings (SSSR count). The first-order chi connectivity index (χ1) is 9.49. The summed E-state index contributed by atoms with van der Waals surface area (Å²) >= 11 is 6.76. The molecule has 2 aromatic carbocycles. The lowest BCUT2D eigenvalue weighted by Gasteiger charge is -2.21. The summed E-state index contributed by atoms with van der Waals surface area (Å²) in [5.41, 5.74) is 1.83. The van der Waals surface area contributed by atoms with Gasteiger partial charge < -0.3 is 5.11 Å². The highest BCUT2D eigenvalue weighted by Crippen LogP contribution is 2.34. The number of hydrogen-bond donors (Lipinski definition) is 1. The number of aliphatic carboxylic acids is 1. The fourth-order valence-corrected chi connectivity index (χ4v) is 2.80. The van der Waals surface area contributed by atoms with E-state index in [2.05, 4.69) is 31.9 Å². The fourth-order valence-electron chi connectivity index (χ4n) is 2.27. The summed E-state index contributed by atoms with van der Waals surface area (Å²) in [6, 6.07) is 15.3. The number of hydrogen-bond acceptors (Lipinski definition) is 1. The van der Waals surface area contributed by atoms with Gasteiger partial charge in [0.2, 0.25) is 0 Å². The van der Waals surface area contributed by atoms with Crippen LogP contribution in [0.2, 0.25) is 0 Å². The van der Waals surface area contributed by atoms with Gasteiger partial charge in [0.25, 0.3) is 0 Å². The van der Waals surface area contributed by atoms with E-state index in [4.69, 9.17) is 0 Å². The maximum Gasteiger partial charge on any atom is 0.311 e. The van der Waals surface area contributed by atoms with E-state index >= 15 is 0 Å². The number of benzene rings is 2. The number of carboxylic acid groups (broad SMARTS) is 1. The quantitative estimate of drug-likeness (QED) is 0.771. The molecule has 0 fully saturated rings. The molecule has 0 aliphatic carbocycles. The molecule has 0 heterocycles. The van der Waals surface area contributed by atoms with Crippen molar-refractivity contribution in [1.82, 2.24) is 0 Å². The van der Waals surface area contributed by atoms with Gasteiger partial charge in [-0.1, -0.05) is 63.0 Å². The van der Waals surface area contributed by atoms with Crippen LogP contribution in [-0.4, -0.2) is 11.1 Å². The minimum Gasteiger partial charge on any atom is -0.481 e. The second-order valence-electron chi connectivity index (χ2n) is 4.71. The molecule has 2 nitrogen and oxygen atoms in total. The van der Waals surface area contributed by atoms with Gasteiger partial charge in [-0.2, -0.15) is 0 Å². The van der Waals surface area contributed by atoms with Crippen molar-refractivity contribution in [1.29, 1.82) is 0 Å². The molecule has 0 saturated heterocycles. The zero-order valence-electron chi connectivity index (χ0n) is 10.9. The van der Waals surface area contributed by atoms with Gasteiger partial charge in [-0.05, 0) is 41.3 Å². The van der Waals surface area contributed by atoms with Crippen molar-refractivity contribution in [2.45, 2.75) is 18.8 Å². The topological polar surface area (TPSA) is 37.3 Å². The van der Waals surface area contributed by atoms with Crippen LogP contribution in [0.5, 0.6) is 0 Å². The summed E-state index contributed by atoms with van der Waals surface area (Å²) in [7, 11) is 0. The van der Waals surface area contributed by atoms with E-state index in [0.717, 1.165) is 20.1 Å². The molecular formula is C16H14Br2O2. The predicted molar refractivity (Wildman–Crippen MR) is 87.1 cm³/mol. The Kier molecular flexibility index (Phi) is 5.00. The molecule has 0 aliphatic heterocycles. The molecule has 2 atom stereocenters. The highest BCUT2D eigenvalue weighted by atomic mass is 79.9. The van der Waals surface area contributed by atoms with E-state index in [-0.39, 0.29) is 5.92 Å². The van der Waals surface area contributed by atoms with Crippen molar-refractivity contribution >= 4 is 37.8 Å². The van der Waals surface area contributed by atoms with Crippen LogP contribution in [-0.2, 0) is 4.79 Å². The van der Waals surface area contributed by atoms with Gasteiger partial charge in [0.15, 0.2) is 0 Å². The van der Waals surface area contributed by atoms with Crippen LogP contribution in [0.25, 0.3) is 0 Å². The smallest absolute Gasteiger partial charge is 0.311 e. The minimum absolute atomic E-state index is 0.0956. The maximum absolute atomic E-state index is 11.6. The first-order valence-electron chi connectivity index (χ1n) is 6.23. The number of carboxylic acids is 1. The summed E-state index contributed by atoms with van der Waals surface area (Å²) in [5, 5.41) is 9.56. The largest absolute Gasteiger partial charge is 0.481 e. The monoisotopic (exact) mass is 396 g/mol. The fraction of sp³-hybridized carbons (Fsp3) is 0.188. The first kappa shape index (κ1) is 15.3. The summed E-state index contributed by atoms with van der Waals surface area (Å²) in [4.78, 5) is 11.6. The third-order valence-corrected chi connectivity index (χ3v) is 4.45. The zero-order chi connectivity index (χ0) is 14.7. The first-order valence-corrected chi connectivity index (χ1v) is 7.81. The van der Waals surface area contributed by atoms with Crippen LogP contribution >= 0.6 is 31.9 Å². The normalized spacial score (nSPS) is 13.8. The van der Waals surface area contributed by atoms with Gasteiger partial charge in [-0.15, -0.1) is 0 Å².